The number of likely N-dealkylation sites (tertiary alicyclic amines) is 1. The zero-order chi connectivity index (χ0) is 14.3. The summed E-state index contributed by atoms with van der Waals surface area (Å²) in [4.78, 5) is 25.3. The summed E-state index contributed by atoms with van der Waals surface area (Å²) < 4.78 is 18.2. The van der Waals surface area contributed by atoms with Gasteiger partial charge < -0.3 is 10.1 Å². The Bertz CT molecular complexity index is 572. The van der Waals surface area contributed by atoms with Gasteiger partial charge in [-0.2, -0.15) is 0 Å². The maximum Gasteiger partial charge on any atom is 0.252 e. The van der Waals surface area contributed by atoms with Gasteiger partial charge in [-0.1, -0.05) is 0 Å². The molecule has 2 fully saturated rings. The molecule has 6 heteroatoms. The fourth-order valence-corrected chi connectivity index (χ4v) is 2.43. The van der Waals surface area contributed by atoms with Crippen LogP contribution in [0.5, 0.6) is 5.75 Å². The first-order valence-corrected chi connectivity index (χ1v) is 6.56. The molecule has 1 aliphatic carbocycles. The Morgan fingerprint density at radius 1 is 1.35 bits per heavy atom. The van der Waals surface area contributed by atoms with Gasteiger partial charge in [0.2, 0.25) is 5.91 Å². The van der Waals surface area contributed by atoms with Crippen molar-refractivity contribution in [3.05, 3.63) is 24.0 Å². The Hall–Kier alpha value is -2.11. The smallest absolute Gasteiger partial charge is 0.252 e. The van der Waals surface area contributed by atoms with E-state index in [0.29, 0.717) is 5.69 Å². The largest absolute Gasteiger partial charge is 0.494 e. The lowest BCUT2D eigenvalue weighted by Crippen LogP contribution is -2.36. The van der Waals surface area contributed by atoms with Crippen LogP contribution in [-0.2, 0) is 9.59 Å². The Kier molecular flexibility index (Phi) is 3.08. The van der Waals surface area contributed by atoms with Crippen LogP contribution in [0.15, 0.2) is 18.2 Å². The highest BCUT2D eigenvalue weighted by atomic mass is 19.1. The quantitative estimate of drug-likeness (QED) is 0.849. The summed E-state index contributed by atoms with van der Waals surface area (Å²) in [6.45, 7) is 0. The van der Waals surface area contributed by atoms with Crippen molar-refractivity contribution >= 4 is 17.5 Å². The number of imide groups is 1. The minimum atomic E-state index is -0.571. The molecule has 1 aromatic carbocycles. The lowest BCUT2D eigenvalue weighted by Gasteiger charge is -2.15. The van der Waals surface area contributed by atoms with Crippen LogP contribution < -0.4 is 10.1 Å². The van der Waals surface area contributed by atoms with Gasteiger partial charge in [-0.15, -0.1) is 0 Å². The molecule has 2 aliphatic rings. The van der Waals surface area contributed by atoms with Gasteiger partial charge in [-0.25, -0.2) is 4.39 Å². The van der Waals surface area contributed by atoms with Crippen LogP contribution in [0.25, 0.3) is 0 Å². The van der Waals surface area contributed by atoms with Crippen LogP contribution in [0.3, 0.4) is 0 Å². The molecular weight excluding hydrogens is 263 g/mol. The Balaban J connectivity index is 1.75. The van der Waals surface area contributed by atoms with E-state index in [1.54, 1.807) is 0 Å². The molecule has 1 aromatic rings. The van der Waals surface area contributed by atoms with Crippen molar-refractivity contribution in [1.29, 1.82) is 0 Å². The van der Waals surface area contributed by atoms with Crippen molar-refractivity contribution in [2.45, 2.75) is 31.3 Å². The SMILES string of the molecule is COc1cc(NC2CC(=O)N(C3CC3)C2=O)ccc1F. The number of amides is 2. The van der Waals surface area contributed by atoms with E-state index in [0.717, 1.165) is 12.8 Å². The first-order valence-electron chi connectivity index (χ1n) is 6.56. The molecule has 2 amide bonds. The summed E-state index contributed by atoms with van der Waals surface area (Å²) in [6.07, 6.45) is 1.94. The number of nitrogens with zero attached hydrogens (tertiary/aromatic N) is 1. The minimum Gasteiger partial charge on any atom is -0.494 e. The number of hydrogen-bond donors (Lipinski definition) is 1. The second-order valence-electron chi connectivity index (χ2n) is 5.08. The average Bonchev–Trinajstić information content (AvgIpc) is 3.20. The molecule has 3 rings (SSSR count). The third kappa shape index (κ3) is 2.21. The normalized spacial score (nSPS) is 22.3. The third-order valence-electron chi connectivity index (χ3n) is 3.59. The van der Waals surface area contributed by atoms with Crippen LogP contribution >= 0.6 is 0 Å². The lowest BCUT2D eigenvalue weighted by atomic mass is 10.2. The van der Waals surface area contributed by atoms with Crippen LogP contribution in [-0.4, -0.2) is 35.9 Å². The monoisotopic (exact) mass is 278 g/mol. The summed E-state index contributed by atoms with van der Waals surface area (Å²) in [5.41, 5.74) is 0.562. The Labute approximate surface area is 115 Å². The number of methoxy groups -OCH3 is 1. The number of rotatable bonds is 4. The van der Waals surface area contributed by atoms with Gasteiger partial charge in [-0.05, 0) is 25.0 Å². The first kappa shape index (κ1) is 12.9. The summed E-state index contributed by atoms with van der Waals surface area (Å²) in [7, 11) is 1.38. The molecule has 0 spiro atoms. The molecular formula is C14H15FN2O3. The number of carbonyl (C=O) groups excluding carboxylic acids is 2. The number of halogens is 1. The van der Waals surface area contributed by atoms with Crippen molar-refractivity contribution in [3.63, 3.8) is 0 Å². The summed E-state index contributed by atoms with van der Waals surface area (Å²) in [6, 6.07) is 3.78. The molecule has 1 N–H and O–H groups in total. The van der Waals surface area contributed by atoms with Crippen LogP contribution in [0.1, 0.15) is 19.3 Å². The molecule has 1 unspecified atom stereocenters. The summed E-state index contributed by atoms with van der Waals surface area (Å²) in [5, 5.41) is 2.98. The lowest BCUT2D eigenvalue weighted by molar-refractivity contribution is -0.139. The molecule has 20 heavy (non-hydrogen) atoms. The number of benzene rings is 1. The van der Waals surface area contributed by atoms with Crippen molar-refractivity contribution in [3.8, 4) is 5.75 Å². The van der Waals surface area contributed by atoms with Crippen molar-refractivity contribution < 1.29 is 18.7 Å². The van der Waals surface area contributed by atoms with E-state index < -0.39 is 11.9 Å². The zero-order valence-electron chi connectivity index (χ0n) is 11.1. The van der Waals surface area contributed by atoms with E-state index in [4.69, 9.17) is 4.74 Å². The molecule has 5 nitrogen and oxygen atoms in total. The third-order valence-corrected chi connectivity index (χ3v) is 3.59. The number of ether oxygens (including phenoxy) is 1. The minimum absolute atomic E-state index is 0.0875. The van der Waals surface area contributed by atoms with Gasteiger partial charge in [0, 0.05) is 17.8 Å². The predicted octanol–water partition coefficient (Wildman–Crippen LogP) is 1.54. The second-order valence-corrected chi connectivity index (χ2v) is 5.08. The average molecular weight is 278 g/mol. The number of nitrogens with one attached hydrogen (secondary N) is 1. The molecule has 1 saturated carbocycles. The first-order chi connectivity index (χ1) is 9.60. The molecule has 0 radical (unpaired) electrons. The highest BCUT2D eigenvalue weighted by Crippen LogP contribution is 2.32. The van der Waals surface area contributed by atoms with Crippen molar-refractivity contribution in [2.75, 3.05) is 12.4 Å². The molecule has 1 saturated heterocycles. The van der Waals surface area contributed by atoms with E-state index in [1.807, 2.05) is 0 Å². The number of hydrogen-bond acceptors (Lipinski definition) is 4. The Morgan fingerprint density at radius 3 is 2.75 bits per heavy atom. The molecule has 0 aromatic heterocycles. The Morgan fingerprint density at radius 2 is 2.10 bits per heavy atom. The zero-order valence-corrected chi connectivity index (χ0v) is 11.1. The molecule has 1 heterocycles. The number of carbonyl (C=O) groups is 2. The van der Waals surface area contributed by atoms with Crippen LogP contribution in [0.4, 0.5) is 10.1 Å². The van der Waals surface area contributed by atoms with Crippen LogP contribution in [0, 0.1) is 5.82 Å². The molecule has 106 valence electrons. The summed E-state index contributed by atoms with van der Waals surface area (Å²) in [5.74, 6) is -0.692. The maximum absolute atomic E-state index is 13.3. The van der Waals surface area contributed by atoms with Crippen molar-refractivity contribution in [2.24, 2.45) is 0 Å². The topological polar surface area (TPSA) is 58.6 Å². The van der Waals surface area contributed by atoms with E-state index in [2.05, 4.69) is 5.32 Å². The number of anilines is 1. The molecule has 1 atom stereocenters. The predicted molar refractivity (Wildman–Crippen MR) is 69.9 cm³/mol. The van der Waals surface area contributed by atoms with E-state index in [-0.39, 0.29) is 30.0 Å². The highest BCUT2D eigenvalue weighted by Gasteiger charge is 2.46. The highest BCUT2D eigenvalue weighted by molar-refractivity contribution is 6.07. The molecule has 0 bridgehead atoms. The summed E-state index contributed by atoms with van der Waals surface area (Å²) >= 11 is 0. The van der Waals surface area contributed by atoms with E-state index in [1.165, 1.54) is 30.2 Å². The molecule has 1 aliphatic heterocycles. The van der Waals surface area contributed by atoms with Crippen LogP contribution in [0.2, 0.25) is 0 Å². The van der Waals surface area contributed by atoms with Crippen molar-refractivity contribution in [1.82, 2.24) is 4.90 Å². The fraction of sp³-hybridized carbons (Fsp3) is 0.429. The fourth-order valence-electron chi connectivity index (χ4n) is 2.43. The van der Waals surface area contributed by atoms with E-state index in [9.17, 15) is 14.0 Å². The van der Waals surface area contributed by atoms with Gasteiger partial charge in [0.1, 0.15) is 6.04 Å². The van der Waals surface area contributed by atoms with Gasteiger partial charge in [-0.3, -0.25) is 14.5 Å². The van der Waals surface area contributed by atoms with Gasteiger partial charge >= 0.3 is 0 Å². The standard InChI is InChI=1S/C14H15FN2O3/c1-20-12-6-8(2-5-10(12)15)16-11-7-13(18)17(14(11)19)9-3-4-9/h2,5-6,9,11,16H,3-4,7H2,1H3. The maximum atomic E-state index is 13.3. The van der Waals surface area contributed by atoms with Gasteiger partial charge in [0.15, 0.2) is 11.6 Å². The van der Waals surface area contributed by atoms with Gasteiger partial charge in [0.25, 0.3) is 5.91 Å². The van der Waals surface area contributed by atoms with E-state index >= 15 is 0 Å². The van der Waals surface area contributed by atoms with Gasteiger partial charge in [0.05, 0.1) is 13.5 Å². The second kappa shape index (κ2) is 4.77.